The quantitative estimate of drug-likeness (QED) is 0.773. The molecule has 1 atom stereocenters. The van der Waals surface area contributed by atoms with Gasteiger partial charge in [0.1, 0.15) is 0 Å². The third-order valence-electron chi connectivity index (χ3n) is 6.10. The van der Waals surface area contributed by atoms with Crippen LogP contribution in [0.3, 0.4) is 0 Å². The van der Waals surface area contributed by atoms with Gasteiger partial charge in [-0.1, -0.05) is 11.6 Å². The van der Waals surface area contributed by atoms with E-state index in [9.17, 15) is 4.79 Å². The maximum atomic E-state index is 13.2. The minimum Gasteiger partial charge on any atom is -0.342 e. The fraction of sp³-hybridized carbons (Fsp3) is 0.833. The second-order valence-corrected chi connectivity index (χ2v) is 8.80. The van der Waals surface area contributed by atoms with Crippen molar-refractivity contribution in [2.24, 2.45) is 11.3 Å². The minimum absolute atomic E-state index is 0.163. The Kier molecular flexibility index (Phi) is 5.04. The van der Waals surface area contributed by atoms with Gasteiger partial charge in [0.25, 0.3) is 0 Å². The van der Waals surface area contributed by atoms with E-state index >= 15 is 0 Å². The SMILES string of the molecule is CSCc1noc(CN2CC[C@@]3(CCCN(CC4CCC4)C3=O)C2)n1. The molecule has 1 aromatic heterocycles. The molecule has 3 aliphatic rings. The van der Waals surface area contributed by atoms with Crippen molar-refractivity contribution in [3.63, 3.8) is 0 Å². The summed E-state index contributed by atoms with van der Waals surface area (Å²) in [6.07, 6.45) is 9.13. The number of nitrogens with zero attached hydrogens (tertiary/aromatic N) is 4. The van der Waals surface area contributed by atoms with E-state index in [2.05, 4.69) is 19.9 Å². The predicted molar refractivity (Wildman–Crippen MR) is 97.0 cm³/mol. The summed E-state index contributed by atoms with van der Waals surface area (Å²) in [4.78, 5) is 22.1. The molecule has 3 heterocycles. The number of carbonyl (C=O) groups is 1. The lowest BCUT2D eigenvalue weighted by atomic mass is 9.77. The lowest BCUT2D eigenvalue weighted by molar-refractivity contribution is -0.146. The van der Waals surface area contributed by atoms with Crippen molar-refractivity contribution in [2.75, 3.05) is 32.4 Å². The van der Waals surface area contributed by atoms with Crippen molar-refractivity contribution in [3.05, 3.63) is 11.7 Å². The smallest absolute Gasteiger partial charge is 0.240 e. The first-order chi connectivity index (χ1) is 12.2. The highest BCUT2D eigenvalue weighted by atomic mass is 32.2. The normalized spacial score (nSPS) is 28.0. The van der Waals surface area contributed by atoms with Crippen molar-refractivity contribution >= 4 is 17.7 Å². The molecule has 7 heteroatoms. The number of piperidine rings is 1. The standard InChI is InChI=1S/C18H28N4O2S/c1-25-12-15-19-16(24-20-15)11-21-9-7-18(13-21)6-3-8-22(17(18)23)10-14-4-2-5-14/h14H,2-13H2,1H3/t18-/m0/s1. The highest BCUT2D eigenvalue weighted by molar-refractivity contribution is 7.97. The molecule has 1 saturated carbocycles. The van der Waals surface area contributed by atoms with Crippen LogP contribution in [0.1, 0.15) is 50.2 Å². The molecule has 0 radical (unpaired) electrons. The number of hydrogen-bond donors (Lipinski definition) is 0. The van der Waals surface area contributed by atoms with E-state index in [0.29, 0.717) is 18.3 Å². The number of likely N-dealkylation sites (tertiary alicyclic amines) is 2. The van der Waals surface area contributed by atoms with Crippen molar-refractivity contribution < 1.29 is 9.32 Å². The lowest BCUT2D eigenvalue weighted by Gasteiger charge is -2.42. The van der Waals surface area contributed by atoms with Crippen LogP contribution in [-0.4, -0.2) is 58.3 Å². The molecule has 6 nitrogen and oxygen atoms in total. The third-order valence-corrected chi connectivity index (χ3v) is 6.65. The summed E-state index contributed by atoms with van der Waals surface area (Å²) in [5.74, 6) is 3.38. The van der Waals surface area contributed by atoms with E-state index in [1.54, 1.807) is 11.8 Å². The molecule has 1 aromatic rings. The van der Waals surface area contributed by atoms with Gasteiger partial charge in [-0.3, -0.25) is 9.69 Å². The maximum absolute atomic E-state index is 13.2. The number of carbonyl (C=O) groups excluding carboxylic acids is 1. The first-order valence-corrected chi connectivity index (χ1v) is 10.9. The molecular weight excluding hydrogens is 336 g/mol. The van der Waals surface area contributed by atoms with Crippen molar-refractivity contribution in [2.45, 2.75) is 50.8 Å². The van der Waals surface area contributed by atoms with Crippen LogP contribution in [0.2, 0.25) is 0 Å². The lowest BCUT2D eigenvalue weighted by Crippen LogP contribution is -2.51. The van der Waals surface area contributed by atoms with Gasteiger partial charge < -0.3 is 9.42 Å². The summed E-state index contributed by atoms with van der Waals surface area (Å²) in [6.45, 7) is 4.40. The van der Waals surface area contributed by atoms with Crippen LogP contribution in [0, 0.1) is 11.3 Å². The van der Waals surface area contributed by atoms with E-state index in [0.717, 1.165) is 62.9 Å². The van der Waals surface area contributed by atoms with Gasteiger partial charge in [-0.05, 0) is 50.8 Å². The summed E-state index contributed by atoms with van der Waals surface area (Å²) < 4.78 is 5.37. The van der Waals surface area contributed by atoms with Crippen LogP contribution in [-0.2, 0) is 17.1 Å². The highest BCUT2D eigenvalue weighted by Crippen LogP contribution is 2.41. The van der Waals surface area contributed by atoms with Crippen LogP contribution < -0.4 is 0 Å². The average Bonchev–Trinajstić information content (AvgIpc) is 3.16. The molecule has 1 aliphatic carbocycles. The monoisotopic (exact) mass is 364 g/mol. The first kappa shape index (κ1) is 17.3. The van der Waals surface area contributed by atoms with Crippen molar-refractivity contribution in [1.29, 1.82) is 0 Å². The van der Waals surface area contributed by atoms with Gasteiger partial charge in [0.2, 0.25) is 11.8 Å². The van der Waals surface area contributed by atoms with Crippen molar-refractivity contribution in [3.8, 4) is 0 Å². The zero-order valence-corrected chi connectivity index (χ0v) is 15.9. The maximum Gasteiger partial charge on any atom is 0.240 e. The second kappa shape index (κ2) is 7.27. The molecule has 1 spiro atoms. The molecule has 0 unspecified atom stereocenters. The van der Waals surface area contributed by atoms with E-state index < -0.39 is 0 Å². The van der Waals surface area contributed by atoms with Gasteiger partial charge in [0, 0.05) is 19.6 Å². The van der Waals surface area contributed by atoms with Crippen LogP contribution in [0.15, 0.2) is 4.52 Å². The molecule has 3 fully saturated rings. The largest absolute Gasteiger partial charge is 0.342 e. The van der Waals surface area contributed by atoms with Gasteiger partial charge in [0.15, 0.2) is 5.82 Å². The van der Waals surface area contributed by atoms with Gasteiger partial charge >= 0.3 is 0 Å². The molecular formula is C18H28N4O2S. The molecule has 0 bridgehead atoms. The Balaban J connectivity index is 1.36. The zero-order chi connectivity index (χ0) is 17.3. The highest BCUT2D eigenvalue weighted by Gasteiger charge is 2.48. The molecule has 2 saturated heterocycles. The van der Waals surface area contributed by atoms with E-state index in [-0.39, 0.29) is 5.41 Å². The van der Waals surface area contributed by atoms with Gasteiger partial charge in [-0.25, -0.2) is 0 Å². The Morgan fingerprint density at radius 1 is 1.28 bits per heavy atom. The summed E-state index contributed by atoms with van der Waals surface area (Å²) in [7, 11) is 0. The molecule has 25 heavy (non-hydrogen) atoms. The Morgan fingerprint density at radius 2 is 2.16 bits per heavy atom. The first-order valence-electron chi connectivity index (χ1n) is 9.51. The number of aromatic nitrogens is 2. The summed E-state index contributed by atoms with van der Waals surface area (Å²) in [5.41, 5.74) is -0.163. The van der Waals surface area contributed by atoms with Crippen LogP contribution in [0.5, 0.6) is 0 Å². The number of rotatable bonds is 6. The Morgan fingerprint density at radius 3 is 2.92 bits per heavy atom. The molecule has 4 rings (SSSR count). The van der Waals surface area contributed by atoms with Crippen LogP contribution in [0.25, 0.3) is 0 Å². The number of hydrogen-bond acceptors (Lipinski definition) is 6. The second-order valence-electron chi connectivity index (χ2n) is 7.93. The Labute approximate surface area is 153 Å². The van der Waals surface area contributed by atoms with Gasteiger partial charge in [-0.2, -0.15) is 16.7 Å². The van der Waals surface area contributed by atoms with E-state index in [4.69, 9.17) is 4.52 Å². The molecule has 138 valence electrons. The summed E-state index contributed by atoms with van der Waals surface area (Å²) in [6, 6.07) is 0. The fourth-order valence-corrected chi connectivity index (χ4v) is 4.89. The fourth-order valence-electron chi connectivity index (χ4n) is 4.52. The average molecular weight is 365 g/mol. The molecule has 2 aliphatic heterocycles. The molecule has 1 amide bonds. The van der Waals surface area contributed by atoms with Crippen LogP contribution in [0.4, 0.5) is 0 Å². The van der Waals surface area contributed by atoms with Gasteiger partial charge in [0.05, 0.1) is 17.7 Å². The Hall–Kier alpha value is -1.08. The third kappa shape index (κ3) is 3.58. The van der Waals surface area contributed by atoms with E-state index in [1.165, 1.54) is 19.3 Å². The Bertz CT molecular complexity index is 618. The molecule has 0 aromatic carbocycles. The number of thioether (sulfide) groups is 1. The van der Waals surface area contributed by atoms with Gasteiger partial charge in [-0.15, -0.1) is 0 Å². The topological polar surface area (TPSA) is 62.5 Å². The molecule has 0 N–H and O–H groups in total. The summed E-state index contributed by atoms with van der Waals surface area (Å²) >= 11 is 1.69. The van der Waals surface area contributed by atoms with E-state index in [1.807, 2.05) is 6.26 Å². The predicted octanol–water partition coefficient (Wildman–Crippen LogP) is 2.55. The van der Waals surface area contributed by atoms with Crippen LogP contribution >= 0.6 is 11.8 Å². The minimum atomic E-state index is -0.163. The number of amides is 1. The summed E-state index contributed by atoms with van der Waals surface area (Å²) in [5, 5.41) is 4.02. The van der Waals surface area contributed by atoms with Crippen molar-refractivity contribution in [1.82, 2.24) is 19.9 Å². The zero-order valence-electron chi connectivity index (χ0n) is 15.1.